The molecule has 0 bridgehead atoms. The van der Waals surface area contributed by atoms with Gasteiger partial charge in [-0.1, -0.05) is 22.9 Å². The molecule has 102 valence electrons. The van der Waals surface area contributed by atoms with Gasteiger partial charge in [0.2, 0.25) is 11.8 Å². The molecule has 0 aliphatic heterocycles. The normalized spacial score (nSPS) is 10.9. The SMILES string of the molecule is CCNCCCc1nnc(-c2cc(Br)ccc2Br)o1. The lowest BCUT2D eigenvalue weighted by molar-refractivity contribution is 0.492. The highest BCUT2D eigenvalue weighted by Crippen LogP contribution is 2.30. The average molecular weight is 389 g/mol. The third-order valence-electron chi connectivity index (χ3n) is 2.62. The molecule has 0 aliphatic carbocycles. The van der Waals surface area contributed by atoms with Gasteiger partial charge >= 0.3 is 0 Å². The zero-order valence-electron chi connectivity index (χ0n) is 10.6. The lowest BCUT2D eigenvalue weighted by Gasteiger charge is -2.00. The van der Waals surface area contributed by atoms with Crippen LogP contribution < -0.4 is 5.32 Å². The first-order valence-electron chi connectivity index (χ1n) is 6.19. The number of aromatic nitrogens is 2. The van der Waals surface area contributed by atoms with E-state index in [4.69, 9.17) is 4.42 Å². The fourth-order valence-corrected chi connectivity index (χ4v) is 2.44. The summed E-state index contributed by atoms with van der Waals surface area (Å²) in [4.78, 5) is 0. The molecule has 0 saturated heterocycles. The number of halogens is 2. The van der Waals surface area contributed by atoms with Gasteiger partial charge in [-0.25, -0.2) is 0 Å². The van der Waals surface area contributed by atoms with Gasteiger partial charge in [0.15, 0.2) is 0 Å². The van der Waals surface area contributed by atoms with E-state index in [1.54, 1.807) is 0 Å². The molecule has 4 nitrogen and oxygen atoms in total. The van der Waals surface area contributed by atoms with Crippen molar-refractivity contribution in [2.24, 2.45) is 0 Å². The molecule has 0 aliphatic rings. The Kier molecular flexibility index (Phi) is 5.54. The summed E-state index contributed by atoms with van der Waals surface area (Å²) in [7, 11) is 0. The molecule has 1 aromatic heterocycles. The Morgan fingerprint density at radius 3 is 2.89 bits per heavy atom. The molecule has 0 fully saturated rings. The first kappa shape index (κ1) is 14.7. The van der Waals surface area contributed by atoms with E-state index in [1.807, 2.05) is 18.2 Å². The number of nitrogens with zero attached hydrogens (tertiary/aromatic N) is 2. The molecule has 1 aromatic carbocycles. The molecule has 2 aromatic rings. The minimum Gasteiger partial charge on any atom is -0.421 e. The monoisotopic (exact) mass is 387 g/mol. The van der Waals surface area contributed by atoms with Crippen LogP contribution in [0, 0.1) is 0 Å². The summed E-state index contributed by atoms with van der Waals surface area (Å²) >= 11 is 6.93. The molecule has 1 N–H and O–H groups in total. The Hall–Kier alpha value is -0.720. The van der Waals surface area contributed by atoms with Gasteiger partial charge < -0.3 is 9.73 Å². The van der Waals surface area contributed by atoms with Crippen LogP contribution in [0.15, 0.2) is 31.6 Å². The molecular formula is C13H15Br2N3O. The van der Waals surface area contributed by atoms with E-state index < -0.39 is 0 Å². The van der Waals surface area contributed by atoms with E-state index in [2.05, 4.69) is 54.3 Å². The zero-order valence-corrected chi connectivity index (χ0v) is 13.8. The number of rotatable bonds is 6. The molecule has 2 rings (SSSR count). The largest absolute Gasteiger partial charge is 0.421 e. The summed E-state index contributed by atoms with van der Waals surface area (Å²) in [6, 6.07) is 5.87. The van der Waals surface area contributed by atoms with E-state index in [-0.39, 0.29) is 0 Å². The van der Waals surface area contributed by atoms with Crippen molar-refractivity contribution in [2.75, 3.05) is 13.1 Å². The smallest absolute Gasteiger partial charge is 0.248 e. The van der Waals surface area contributed by atoms with Crippen molar-refractivity contribution in [1.82, 2.24) is 15.5 Å². The second-order valence-electron chi connectivity index (χ2n) is 4.08. The van der Waals surface area contributed by atoms with Gasteiger partial charge in [0, 0.05) is 15.4 Å². The number of aryl methyl sites for hydroxylation is 1. The van der Waals surface area contributed by atoms with E-state index in [1.165, 1.54) is 0 Å². The summed E-state index contributed by atoms with van der Waals surface area (Å²) in [5.74, 6) is 1.23. The van der Waals surface area contributed by atoms with Crippen LogP contribution >= 0.6 is 31.9 Å². The van der Waals surface area contributed by atoms with Gasteiger partial charge in [0.25, 0.3) is 0 Å². The minimum atomic E-state index is 0.548. The third-order valence-corrected chi connectivity index (χ3v) is 3.80. The Labute approximate surface area is 129 Å². The number of hydrogen-bond acceptors (Lipinski definition) is 4. The number of hydrogen-bond donors (Lipinski definition) is 1. The van der Waals surface area contributed by atoms with E-state index in [0.29, 0.717) is 11.8 Å². The van der Waals surface area contributed by atoms with Crippen LogP contribution in [-0.4, -0.2) is 23.3 Å². The Balaban J connectivity index is 2.06. The van der Waals surface area contributed by atoms with Crippen molar-refractivity contribution in [3.8, 4) is 11.5 Å². The summed E-state index contributed by atoms with van der Waals surface area (Å²) in [6.07, 6.45) is 1.79. The van der Waals surface area contributed by atoms with Crippen molar-refractivity contribution in [2.45, 2.75) is 19.8 Å². The Bertz CT molecular complexity index is 542. The van der Waals surface area contributed by atoms with Crippen LogP contribution in [0.5, 0.6) is 0 Å². The predicted molar refractivity (Wildman–Crippen MR) is 82.0 cm³/mol. The van der Waals surface area contributed by atoms with Gasteiger partial charge in [-0.15, -0.1) is 10.2 Å². The molecule has 0 radical (unpaired) electrons. The average Bonchev–Trinajstić information content (AvgIpc) is 2.86. The highest BCUT2D eigenvalue weighted by molar-refractivity contribution is 9.11. The summed E-state index contributed by atoms with van der Waals surface area (Å²) in [5, 5.41) is 11.4. The molecule has 6 heteroatoms. The fraction of sp³-hybridized carbons (Fsp3) is 0.385. The quantitative estimate of drug-likeness (QED) is 0.764. The summed E-state index contributed by atoms with van der Waals surface area (Å²) in [5.41, 5.74) is 0.903. The molecule has 0 saturated carbocycles. The van der Waals surface area contributed by atoms with Gasteiger partial charge in [-0.2, -0.15) is 0 Å². The van der Waals surface area contributed by atoms with Crippen molar-refractivity contribution < 1.29 is 4.42 Å². The topological polar surface area (TPSA) is 51.0 Å². The lowest BCUT2D eigenvalue weighted by atomic mass is 10.2. The Morgan fingerprint density at radius 1 is 1.26 bits per heavy atom. The van der Waals surface area contributed by atoms with E-state index in [0.717, 1.165) is 40.4 Å². The van der Waals surface area contributed by atoms with Crippen molar-refractivity contribution in [3.05, 3.63) is 33.0 Å². The van der Waals surface area contributed by atoms with Crippen LogP contribution in [0.3, 0.4) is 0 Å². The van der Waals surface area contributed by atoms with Crippen LogP contribution in [0.4, 0.5) is 0 Å². The second-order valence-corrected chi connectivity index (χ2v) is 5.85. The van der Waals surface area contributed by atoms with Crippen molar-refractivity contribution in [1.29, 1.82) is 0 Å². The van der Waals surface area contributed by atoms with Crippen LogP contribution in [0.2, 0.25) is 0 Å². The van der Waals surface area contributed by atoms with Gasteiger partial charge in [-0.3, -0.25) is 0 Å². The summed E-state index contributed by atoms with van der Waals surface area (Å²) in [6.45, 7) is 4.05. The maximum atomic E-state index is 5.68. The molecule has 0 spiro atoms. The predicted octanol–water partition coefficient (Wildman–Crippen LogP) is 3.80. The van der Waals surface area contributed by atoms with Crippen molar-refractivity contribution in [3.63, 3.8) is 0 Å². The highest BCUT2D eigenvalue weighted by atomic mass is 79.9. The second kappa shape index (κ2) is 7.17. The van der Waals surface area contributed by atoms with Gasteiger partial charge in [-0.05, 0) is 53.6 Å². The number of benzene rings is 1. The van der Waals surface area contributed by atoms with E-state index >= 15 is 0 Å². The van der Waals surface area contributed by atoms with Crippen LogP contribution in [0.1, 0.15) is 19.2 Å². The summed E-state index contributed by atoms with van der Waals surface area (Å²) < 4.78 is 7.61. The fourth-order valence-electron chi connectivity index (χ4n) is 1.67. The lowest BCUT2D eigenvalue weighted by Crippen LogP contribution is -2.14. The molecule has 19 heavy (non-hydrogen) atoms. The molecule has 0 unspecified atom stereocenters. The molecular weight excluding hydrogens is 374 g/mol. The Morgan fingerprint density at radius 2 is 2.11 bits per heavy atom. The first-order valence-corrected chi connectivity index (χ1v) is 7.78. The molecule has 1 heterocycles. The highest BCUT2D eigenvalue weighted by Gasteiger charge is 2.11. The third kappa shape index (κ3) is 4.12. The van der Waals surface area contributed by atoms with Crippen LogP contribution in [0.25, 0.3) is 11.5 Å². The first-order chi connectivity index (χ1) is 9.20. The maximum absolute atomic E-state index is 5.68. The van der Waals surface area contributed by atoms with E-state index in [9.17, 15) is 0 Å². The molecule has 0 atom stereocenters. The standard InChI is InChI=1S/C13H15Br2N3O/c1-2-16-7-3-4-12-17-18-13(19-12)10-8-9(14)5-6-11(10)15/h5-6,8,16H,2-4,7H2,1H3. The van der Waals surface area contributed by atoms with Crippen LogP contribution in [-0.2, 0) is 6.42 Å². The number of nitrogens with one attached hydrogen (secondary N) is 1. The van der Waals surface area contributed by atoms with Gasteiger partial charge in [0.1, 0.15) is 0 Å². The minimum absolute atomic E-state index is 0.548. The maximum Gasteiger partial charge on any atom is 0.248 e. The molecule has 0 amide bonds. The van der Waals surface area contributed by atoms with Crippen molar-refractivity contribution >= 4 is 31.9 Å². The van der Waals surface area contributed by atoms with Gasteiger partial charge in [0.05, 0.1) is 5.56 Å². The zero-order chi connectivity index (χ0) is 13.7.